The predicted molar refractivity (Wildman–Crippen MR) is 56.1 cm³/mol. The van der Waals surface area contributed by atoms with Crippen molar-refractivity contribution in [2.75, 3.05) is 0 Å². The Balaban J connectivity index is 2.37. The third kappa shape index (κ3) is 1.56. The van der Waals surface area contributed by atoms with Crippen molar-refractivity contribution in [2.24, 2.45) is 13.0 Å². The van der Waals surface area contributed by atoms with Crippen LogP contribution in [0.25, 0.3) is 0 Å². The fraction of sp³-hybridized carbons (Fsp3) is 0.818. The molecule has 0 fully saturated rings. The third-order valence-corrected chi connectivity index (χ3v) is 3.31. The Morgan fingerprint density at radius 3 is 2.86 bits per heavy atom. The van der Waals surface area contributed by atoms with E-state index in [1.54, 1.807) is 0 Å². The molecule has 0 bridgehead atoms. The molecule has 0 saturated carbocycles. The van der Waals surface area contributed by atoms with Gasteiger partial charge in [-0.15, -0.1) is 5.10 Å². The third-order valence-electron chi connectivity index (χ3n) is 3.31. The van der Waals surface area contributed by atoms with E-state index >= 15 is 0 Å². The average Bonchev–Trinajstić information content (AvgIpc) is 2.38. The summed E-state index contributed by atoms with van der Waals surface area (Å²) in [7, 11) is 2.01. The second-order valence-electron chi connectivity index (χ2n) is 4.64. The van der Waals surface area contributed by atoms with Crippen LogP contribution in [-0.4, -0.2) is 15.0 Å². The molecule has 1 aromatic heterocycles. The highest BCUT2D eigenvalue weighted by Gasteiger charge is 2.25. The summed E-state index contributed by atoms with van der Waals surface area (Å²) in [6.07, 6.45) is 5.06. The molecule has 0 aromatic carbocycles. The molecule has 2 rings (SSSR count). The average molecular weight is 193 g/mol. The second kappa shape index (κ2) is 3.71. The van der Waals surface area contributed by atoms with Gasteiger partial charge in [-0.3, -0.25) is 4.68 Å². The van der Waals surface area contributed by atoms with Crippen molar-refractivity contribution in [1.82, 2.24) is 15.0 Å². The zero-order valence-corrected chi connectivity index (χ0v) is 9.32. The lowest BCUT2D eigenvalue weighted by Gasteiger charge is -2.16. The van der Waals surface area contributed by atoms with Crippen molar-refractivity contribution < 1.29 is 0 Å². The van der Waals surface area contributed by atoms with Crippen LogP contribution in [0.5, 0.6) is 0 Å². The SMILES string of the molecule is CC(C)C1CCCCc2c1nnn2C. The Hall–Kier alpha value is -0.860. The summed E-state index contributed by atoms with van der Waals surface area (Å²) in [5.74, 6) is 1.31. The van der Waals surface area contributed by atoms with Crippen LogP contribution in [0.4, 0.5) is 0 Å². The quantitative estimate of drug-likeness (QED) is 0.641. The maximum Gasteiger partial charge on any atom is 0.0892 e. The first kappa shape index (κ1) is 9.69. The van der Waals surface area contributed by atoms with Crippen molar-refractivity contribution in [2.45, 2.75) is 45.4 Å². The molecule has 14 heavy (non-hydrogen) atoms. The Kier molecular flexibility index (Phi) is 2.57. The van der Waals surface area contributed by atoms with Gasteiger partial charge in [0.05, 0.1) is 11.4 Å². The summed E-state index contributed by atoms with van der Waals surface area (Å²) in [5, 5.41) is 8.47. The number of hydrogen-bond acceptors (Lipinski definition) is 2. The minimum Gasteiger partial charge on any atom is -0.252 e. The Labute approximate surface area is 85.5 Å². The van der Waals surface area contributed by atoms with Gasteiger partial charge in [-0.25, -0.2) is 0 Å². The van der Waals surface area contributed by atoms with Gasteiger partial charge < -0.3 is 0 Å². The fourth-order valence-corrected chi connectivity index (χ4v) is 2.41. The molecule has 0 amide bonds. The van der Waals surface area contributed by atoms with Crippen molar-refractivity contribution in [3.05, 3.63) is 11.4 Å². The first-order valence-electron chi connectivity index (χ1n) is 5.58. The van der Waals surface area contributed by atoms with Gasteiger partial charge in [-0.2, -0.15) is 0 Å². The molecule has 0 spiro atoms. The van der Waals surface area contributed by atoms with Gasteiger partial charge in [-0.1, -0.05) is 25.5 Å². The van der Waals surface area contributed by atoms with Crippen molar-refractivity contribution in [1.29, 1.82) is 0 Å². The molecule has 1 heterocycles. The summed E-state index contributed by atoms with van der Waals surface area (Å²) in [6.45, 7) is 4.57. The maximum absolute atomic E-state index is 4.33. The highest BCUT2D eigenvalue weighted by atomic mass is 15.4. The lowest BCUT2D eigenvalue weighted by molar-refractivity contribution is 0.450. The Bertz CT molecular complexity index is 314. The minimum atomic E-state index is 0.626. The Morgan fingerprint density at radius 2 is 2.14 bits per heavy atom. The molecule has 3 heteroatoms. The molecule has 0 aliphatic heterocycles. The molecule has 3 nitrogen and oxygen atoms in total. The van der Waals surface area contributed by atoms with Crippen molar-refractivity contribution in [3.8, 4) is 0 Å². The van der Waals surface area contributed by atoms with Crippen LogP contribution < -0.4 is 0 Å². The van der Waals surface area contributed by atoms with Crippen LogP contribution in [0.2, 0.25) is 0 Å². The monoisotopic (exact) mass is 193 g/mol. The van der Waals surface area contributed by atoms with Gasteiger partial charge in [0.2, 0.25) is 0 Å². The molecule has 0 radical (unpaired) electrons. The van der Waals surface area contributed by atoms with Crippen molar-refractivity contribution >= 4 is 0 Å². The van der Waals surface area contributed by atoms with E-state index in [0.29, 0.717) is 11.8 Å². The molecule has 1 unspecified atom stereocenters. The predicted octanol–water partition coefficient (Wildman–Crippen LogP) is 2.28. The molecule has 1 aliphatic carbocycles. The van der Waals surface area contributed by atoms with Gasteiger partial charge in [0.15, 0.2) is 0 Å². The van der Waals surface area contributed by atoms with Crippen LogP contribution in [0.3, 0.4) is 0 Å². The highest BCUT2D eigenvalue weighted by molar-refractivity contribution is 5.17. The summed E-state index contributed by atoms with van der Waals surface area (Å²) >= 11 is 0. The molecule has 1 aliphatic rings. The van der Waals surface area contributed by atoms with E-state index in [1.807, 2.05) is 11.7 Å². The molecule has 0 saturated heterocycles. The first-order chi connectivity index (χ1) is 6.70. The van der Waals surface area contributed by atoms with Crippen LogP contribution in [-0.2, 0) is 13.5 Å². The largest absolute Gasteiger partial charge is 0.252 e. The van der Waals surface area contributed by atoms with E-state index in [-0.39, 0.29) is 0 Å². The summed E-state index contributed by atoms with van der Waals surface area (Å²) < 4.78 is 1.95. The molecule has 1 atom stereocenters. The molecule has 78 valence electrons. The van der Waals surface area contributed by atoms with E-state index in [1.165, 1.54) is 30.7 Å². The van der Waals surface area contributed by atoms with Gasteiger partial charge in [0.1, 0.15) is 0 Å². The molecule has 1 aromatic rings. The fourth-order valence-electron chi connectivity index (χ4n) is 2.41. The minimum absolute atomic E-state index is 0.626. The summed E-state index contributed by atoms with van der Waals surface area (Å²) in [4.78, 5) is 0. The van der Waals surface area contributed by atoms with E-state index < -0.39 is 0 Å². The van der Waals surface area contributed by atoms with Gasteiger partial charge in [0.25, 0.3) is 0 Å². The molecule has 0 N–H and O–H groups in total. The second-order valence-corrected chi connectivity index (χ2v) is 4.64. The molecular weight excluding hydrogens is 174 g/mol. The van der Waals surface area contributed by atoms with Gasteiger partial charge >= 0.3 is 0 Å². The summed E-state index contributed by atoms with van der Waals surface area (Å²) in [6, 6.07) is 0. The first-order valence-corrected chi connectivity index (χ1v) is 5.58. The number of aromatic nitrogens is 3. The highest BCUT2D eigenvalue weighted by Crippen LogP contribution is 2.33. The number of rotatable bonds is 1. The Morgan fingerprint density at radius 1 is 1.36 bits per heavy atom. The van der Waals surface area contributed by atoms with Crippen molar-refractivity contribution in [3.63, 3.8) is 0 Å². The summed E-state index contributed by atoms with van der Waals surface area (Å²) in [5.41, 5.74) is 2.63. The number of aryl methyl sites for hydroxylation is 1. The van der Waals surface area contributed by atoms with Crippen LogP contribution in [0.1, 0.15) is 50.4 Å². The van der Waals surface area contributed by atoms with Crippen LogP contribution in [0, 0.1) is 5.92 Å². The lowest BCUT2D eigenvalue weighted by Crippen LogP contribution is -2.08. The van der Waals surface area contributed by atoms with E-state index in [2.05, 4.69) is 24.2 Å². The number of nitrogens with zero attached hydrogens (tertiary/aromatic N) is 3. The number of fused-ring (bicyclic) bond motifs is 1. The zero-order valence-electron chi connectivity index (χ0n) is 9.32. The van der Waals surface area contributed by atoms with Gasteiger partial charge in [0, 0.05) is 13.0 Å². The van der Waals surface area contributed by atoms with Crippen LogP contribution >= 0.6 is 0 Å². The normalized spacial score (nSPS) is 22.1. The standard InChI is InChI=1S/C11H19N3/c1-8(2)9-6-4-5-7-10-11(9)12-13-14(10)3/h8-9H,4-7H2,1-3H3. The van der Waals surface area contributed by atoms with E-state index in [9.17, 15) is 0 Å². The molecular formula is C11H19N3. The van der Waals surface area contributed by atoms with E-state index in [4.69, 9.17) is 0 Å². The smallest absolute Gasteiger partial charge is 0.0892 e. The van der Waals surface area contributed by atoms with Gasteiger partial charge in [-0.05, 0) is 25.2 Å². The number of hydrogen-bond donors (Lipinski definition) is 0. The van der Waals surface area contributed by atoms with E-state index in [0.717, 1.165) is 6.42 Å². The lowest BCUT2D eigenvalue weighted by atomic mass is 9.89. The van der Waals surface area contributed by atoms with Crippen LogP contribution in [0.15, 0.2) is 0 Å². The topological polar surface area (TPSA) is 30.7 Å². The zero-order chi connectivity index (χ0) is 10.1. The maximum atomic E-state index is 4.33.